The SMILES string of the molecule is COc1ccc2c(c1)c(CC(=O)O)c(C)n2C(=O)Cc1cccs1. The first kappa shape index (κ1) is 16.3. The predicted octanol–water partition coefficient (Wildman–Crippen LogP) is 3.53. The van der Waals surface area contributed by atoms with Crippen molar-refractivity contribution in [3.8, 4) is 5.75 Å². The van der Waals surface area contributed by atoms with Gasteiger partial charge in [0, 0.05) is 16.0 Å². The van der Waals surface area contributed by atoms with Crippen LogP contribution in [0.25, 0.3) is 10.9 Å². The zero-order valence-electron chi connectivity index (χ0n) is 13.4. The second-order valence-electron chi connectivity index (χ2n) is 5.50. The van der Waals surface area contributed by atoms with Gasteiger partial charge in [-0.2, -0.15) is 0 Å². The van der Waals surface area contributed by atoms with E-state index in [1.165, 1.54) is 11.3 Å². The number of carbonyl (C=O) groups excluding carboxylic acids is 1. The number of hydrogen-bond donors (Lipinski definition) is 1. The Bertz CT molecular complexity index is 909. The van der Waals surface area contributed by atoms with Gasteiger partial charge in [-0.25, -0.2) is 0 Å². The van der Waals surface area contributed by atoms with Crippen LogP contribution in [0.15, 0.2) is 35.7 Å². The number of benzene rings is 1. The summed E-state index contributed by atoms with van der Waals surface area (Å²) >= 11 is 1.53. The van der Waals surface area contributed by atoms with Crippen LogP contribution in [0, 0.1) is 6.92 Å². The van der Waals surface area contributed by atoms with Crippen molar-refractivity contribution in [2.45, 2.75) is 19.8 Å². The first-order valence-corrected chi connectivity index (χ1v) is 8.34. The molecule has 3 rings (SSSR count). The van der Waals surface area contributed by atoms with Gasteiger partial charge in [0.05, 0.1) is 25.5 Å². The van der Waals surface area contributed by atoms with Crippen LogP contribution in [-0.2, 0) is 17.6 Å². The third-order valence-electron chi connectivity index (χ3n) is 4.02. The van der Waals surface area contributed by atoms with Gasteiger partial charge in [0.15, 0.2) is 0 Å². The number of methoxy groups -OCH3 is 1. The van der Waals surface area contributed by atoms with E-state index in [1.807, 2.05) is 17.5 Å². The minimum Gasteiger partial charge on any atom is -0.497 e. The number of carboxylic acids is 1. The predicted molar refractivity (Wildman–Crippen MR) is 93.2 cm³/mol. The van der Waals surface area contributed by atoms with Crippen molar-refractivity contribution in [2.75, 3.05) is 7.11 Å². The fourth-order valence-electron chi connectivity index (χ4n) is 2.93. The average molecular weight is 343 g/mol. The van der Waals surface area contributed by atoms with Gasteiger partial charge in [0.1, 0.15) is 5.75 Å². The zero-order chi connectivity index (χ0) is 17.3. The highest BCUT2D eigenvalue weighted by Crippen LogP contribution is 2.30. The molecule has 0 aliphatic rings. The van der Waals surface area contributed by atoms with Crippen LogP contribution in [-0.4, -0.2) is 28.7 Å². The van der Waals surface area contributed by atoms with Crippen LogP contribution in [0.2, 0.25) is 0 Å². The monoisotopic (exact) mass is 343 g/mol. The molecule has 0 aliphatic heterocycles. The van der Waals surface area contributed by atoms with Crippen molar-refractivity contribution in [3.05, 3.63) is 51.8 Å². The number of aromatic nitrogens is 1. The van der Waals surface area contributed by atoms with Crippen LogP contribution in [0.4, 0.5) is 0 Å². The topological polar surface area (TPSA) is 68.5 Å². The van der Waals surface area contributed by atoms with E-state index in [0.717, 1.165) is 10.3 Å². The van der Waals surface area contributed by atoms with Gasteiger partial charge in [0.25, 0.3) is 0 Å². The second-order valence-corrected chi connectivity index (χ2v) is 6.54. The lowest BCUT2D eigenvalue weighted by molar-refractivity contribution is -0.136. The molecule has 0 unspecified atom stereocenters. The number of aliphatic carboxylic acids is 1. The lowest BCUT2D eigenvalue weighted by Gasteiger charge is -2.07. The molecule has 0 radical (unpaired) electrons. The van der Waals surface area contributed by atoms with Gasteiger partial charge in [-0.15, -0.1) is 11.3 Å². The first-order chi connectivity index (χ1) is 11.5. The Morgan fingerprint density at radius 3 is 2.67 bits per heavy atom. The Hall–Kier alpha value is -2.60. The fourth-order valence-corrected chi connectivity index (χ4v) is 3.62. The molecule has 24 heavy (non-hydrogen) atoms. The highest BCUT2D eigenvalue weighted by atomic mass is 32.1. The van der Waals surface area contributed by atoms with E-state index in [0.29, 0.717) is 28.9 Å². The number of hydrogen-bond acceptors (Lipinski definition) is 4. The van der Waals surface area contributed by atoms with Crippen molar-refractivity contribution < 1.29 is 19.4 Å². The summed E-state index contributed by atoms with van der Waals surface area (Å²) in [6, 6.07) is 9.20. The molecule has 0 atom stereocenters. The summed E-state index contributed by atoms with van der Waals surface area (Å²) in [4.78, 5) is 25.0. The Kier molecular flexibility index (Phi) is 4.40. The lowest BCUT2D eigenvalue weighted by Crippen LogP contribution is -2.15. The summed E-state index contributed by atoms with van der Waals surface area (Å²) in [7, 11) is 1.56. The van der Waals surface area contributed by atoms with E-state index < -0.39 is 5.97 Å². The first-order valence-electron chi connectivity index (χ1n) is 7.46. The summed E-state index contributed by atoms with van der Waals surface area (Å²) < 4.78 is 6.85. The lowest BCUT2D eigenvalue weighted by atomic mass is 10.1. The largest absolute Gasteiger partial charge is 0.497 e. The minimum absolute atomic E-state index is 0.0678. The third kappa shape index (κ3) is 2.92. The van der Waals surface area contributed by atoms with Gasteiger partial charge in [0.2, 0.25) is 5.91 Å². The molecule has 2 aromatic heterocycles. The van der Waals surface area contributed by atoms with Gasteiger partial charge >= 0.3 is 5.97 Å². The Morgan fingerprint density at radius 1 is 1.25 bits per heavy atom. The number of carbonyl (C=O) groups is 2. The van der Waals surface area contributed by atoms with E-state index in [9.17, 15) is 14.7 Å². The molecule has 1 N–H and O–H groups in total. The van der Waals surface area contributed by atoms with Crippen LogP contribution in [0.3, 0.4) is 0 Å². The number of nitrogens with zero attached hydrogens (tertiary/aromatic N) is 1. The Morgan fingerprint density at radius 2 is 2.04 bits per heavy atom. The van der Waals surface area contributed by atoms with E-state index in [4.69, 9.17) is 4.74 Å². The molecule has 0 fully saturated rings. The summed E-state index contributed by atoms with van der Waals surface area (Å²) in [6.45, 7) is 1.79. The molecule has 0 spiro atoms. The summed E-state index contributed by atoms with van der Waals surface area (Å²) in [5.41, 5.74) is 2.03. The molecule has 1 aromatic carbocycles. The minimum atomic E-state index is -0.925. The highest BCUT2D eigenvalue weighted by molar-refractivity contribution is 7.10. The van der Waals surface area contributed by atoms with Gasteiger partial charge in [-0.3, -0.25) is 14.2 Å². The maximum atomic E-state index is 12.8. The maximum absolute atomic E-state index is 12.8. The number of ether oxygens (including phenoxy) is 1. The molecule has 5 nitrogen and oxygen atoms in total. The van der Waals surface area contributed by atoms with Crippen LogP contribution < -0.4 is 4.74 Å². The third-order valence-corrected chi connectivity index (χ3v) is 4.90. The molecule has 0 bridgehead atoms. The molecule has 124 valence electrons. The van der Waals surface area contributed by atoms with Gasteiger partial charge < -0.3 is 9.84 Å². The number of carboxylic acid groups (broad SMARTS) is 1. The highest BCUT2D eigenvalue weighted by Gasteiger charge is 2.21. The van der Waals surface area contributed by atoms with Crippen molar-refractivity contribution >= 4 is 34.1 Å². The van der Waals surface area contributed by atoms with Crippen molar-refractivity contribution in [1.29, 1.82) is 0 Å². The normalized spacial score (nSPS) is 10.9. The van der Waals surface area contributed by atoms with Crippen molar-refractivity contribution in [3.63, 3.8) is 0 Å². The quantitative estimate of drug-likeness (QED) is 0.769. The molecular formula is C18H17NO4S. The van der Waals surface area contributed by atoms with E-state index in [-0.39, 0.29) is 12.3 Å². The number of fused-ring (bicyclic) bond motifs is 1. The standard InChI is InChI=1S/C18H17NO4S/c1-11-14(10-18(21)22)15-8-12(23-2)5-6-16(15)19(11)17(20)9-13-4-3-7-24-13/h3-8H,9-10H2,1-2H3,(H,21,22). The summed E-state index contributed by atoms with van der Waals surface area (Å²) in [5.74, 6) is -0.357. The second kappa shape index (κ2) is 6.49. The zero-order valence-corrected chi connectivity index (χ0v) is 14.2. The molecule has 0 aliphatic carbocycles. The molecule has 6 heteroatoms. The molecular weight excluding hydrogens is 326 g/mol. The number of thiophene rings is 1. The summed E-state index contributed by atoms with van der Waals surface area (Å²) in [6.07, 6.45) is 0.162. The van der Waals surface area contributed by atoms with Crippen LogP contribution in [0.1, 0.15) is 20.9 Å². The van der Waals surface area contributed by atoms with Gasteiger partial charge in [-0.05, 0) is 42.1 Å². The van der Waals surface area contributed by atoms with Gasteiger partial charge in [-0.1, -0.05) is 6.07 Å². The summed E-state index contributed by atoms with van der Waals surface area (Å²) in [5, 5.41) is 11.9. The molecule has 2 heterocycles. The Labute approximate surface area is 143 Å². The Balaban J connectivity index is 2.14. The fraction of sp³-hybridized carbons (Fsp3) is 0.222. The van der Waals surface area contributed by atoms with E-state index in [1.54, 1.807) is 36.8 Å². The van der Waals surface area contributed by atoms with E-state index >= 15 is 0 Å². The smallest absolute Gasteiger partial charge is 0.307 e. The van der Waals surface area contributed by atoms with Crippen LogP contribution >= 0.6 is 11.3 Å². The molecule has 0 saturated carbocycles. The number of rotatable bonds is 5. The van der Waals surface area contributed by atoms with Crippen molar-refractivity contribution in [1.82, 2.24) is 4.57 Å². The average Bonchev–Trinajstić information content (AvgIpc) is 3.14. The molecule has 0 amide bonds. The maximum Gasteiger partial charge on any atom is 0.307 e. The molecule has 3 aromatic rings. The molecule has 0 saturated heterocycles. The van der Waals surface area contributed by atoms with Crippen LogP contribution in [0.5, 0.6) is 5.75 Å². The van der Waals surface area contributed by atoms with Crippen molar-refractivity contribution in [2.24, 2.45) is 0 Å². The van der Waals surface area contributed by atoms with E-state index in [2.05, 4.69) is 0 Å².